The summed E-state index contributed by atoms with van der Waals surface area (Å²) in [4.78, 5) is 30.2. The summed E-state index contributed by atoms with van der Waals surface area (Å²) in [6, 6.07) is 1.47. The first-order valence-electron chi connectivity index (χ1n) is 11.9. The largest absolute Gasteiger partial charge is 0.480 e. The predicted octanol–water partition coefficient (Wildman–Crippen LogP) is 5.66. The number of piperazine rings is 1. The molecular weight excluding hydrogens is 600 g/mol. The molecule has 0 aliphatic carbocycles. The number of thioether (sulfide) groups is 1. The van der Waals surface area contributed by atoms with E-state index in [1.54, 1.807) is 13.0 Å². The maximum atomic E-state index is 13.3. The van der Waals surface area contributed by atoms with Crippen LogP contribution in [0.3, 0.4) is 0 Å². The van der Waals surface area contributed by atoms with Gasteiger partial charge in [-0.25, -0.2) is 0 Å². The number of carbonyl (C=O) groups excluding carboxylic acids is 1. The van der Waals surface area contributed by atoms with Crippen molar-refractivity contribution in [3.8, 4) is 11.1 Å². The normalized spacial score (nSPS) is 18.8. The van der Waals surface area contributed by atoms with Crippen LogP contribution in [-0.2, 0) is 21.9 Å². The minimum Gasteiger partial charge on any atom is -0.480 e. The molecule has 0 bridgehead atoms. The molecule has 40 heavy (non-hydrogen) atoms. The molecule has 0 saturated carbocycles. The van der Waals surface area contributed by atoms with Crippen molar-refractivity contribution in [2.75, 3.05) is 45.8 Å². The first-order chi connectivity index (χ1) is 18.6. The van der Waals surface area contributed by atoms with E-state index in [9.17, 15) is 35.9 Å². The van der Waals surface area contributed by atoms with Crippen LogP contribution in [0.2, 0.25) is 0 Å². The topological polar surface area (TPSA) is 64.1 Å². The van der Waals surface area contributed by atoms with Crippen LogP contribution >= 0.6 is 35.3 Å². The number of hydrogen-bond donors (Lipinski definition) is 1. The predicted molar refractivity (Wildman–Crippen MR) is 145 cm³/mol. The summed E-state index contributed by atoms with van der Waals surface area (Å²) in [6.07, 6.45) is -8.35. The molecule has 2 fully saturated rings. The highest BCUT2D eigenvalue weighted by atomic mass is 32.2. The number of carboxylic acids is 1. The Balaban J connectivity index is 1.48. The van der Waals surface area contributed by atoms with Crippen molar-refractivity contribution < 1.29 is 41.0 Å². The maximum Gasteiger partial charge on any atom is 0.416 e. The van der Waals surface area contributed by atoms with E-state index in [0.717, 1.165) is 23.1 Å². The summed E-state index contributed by atoms with van der Waals surface area (Å²) in [6.45, 7) is 4.94. The molecular formula is C25H23F6N3O3S3. The number of hydrogen-bond acceptors (Lipinski definition) is 7. The van der Waals surface area contributed by atoms with E-state index in [1.165, 1.54) is 10.3 Å². The van der Waals surface area contributed by atoms with E-state index in [1.807, 2.05) is 4.90 Å². The van der Waals surface area contributed by atoms with Crippen LogP contribution in [0.4, 0.5) is 26.3 Å². The fraction of sp³-hybridized carbons (Fsp3) is 0.400. The highest BCUT2D eigenvalue weighted by Crippen LogP contribution is 2.42. The number of amides is 1. The number of rotatable bonds is 7. The summed E-state index contributed by atoms with van der Waals surface area (Å²) < 4.78 is 80.3. The molecule has 3 heterocycles. The summed E-state index contributed by atoms with van der Waals surface area (Å²) >= 11 is 7.57. The zero-order chi connectivity index (χ0) is 29.4. The van der Waals surface area contributed by atoms with Crippen LogP contribution in [0.15, 0.2) is 28.5 Å². The summed E-state index contributed by atoms with van der Waals surface area (Å²) in [7, 11) is 0. The lowest BCUT2D eigenvalue weighted by Crippen LogP contribution is -2.49. The van der Waals surface area contributed by atoms with E-state index >= 15 is 0 Å². The molecule has 15 heteroatoms. The van der Waals surface area contributed by atoms with Crippen LogP contribution in [0.1, 0.15) is 21.6 Å². The second-order valence-corrected chi connectivity index (χ2v) is 11.9. The number of halogens is 6. The first-order valence-corrected chi connectivity index (χ1v) is 14.0. The average molecular weight is 624 g/mol. The smallest absolute Gasteiger partial charge is 0.416 e. The Morgan fingerprint density at radius 1 is 1.00 bits per heavy atom. The molecule has 1 amide bonds. The quantitative estimate of drug-likeness (QED) is 0.243. The van der Waals surface area contributed by atoms with Crippen LogP contribution in [0, 0.1) is 6.92 Å². The lowest BCUT2D eigenvalue weighted by Gasteiger charge is -2.34. The van der Waals surface area contributed by atoms with Gasteiger partial charge in [0.25, 0.3) is 5.91 Å². The third-order valence-corrected chi connectivity index (χ3v) is 8.98. The van der Waals surface area contributed by atoms with Gasteiger partial charge in [-0.05, 0) is 53.3 Å². The van der Waals surface area contributed by atoms with E-state index in [-0.39, 0.29) is 29.6 Å². The maximum absolute atomic E-state index is 13.3. The highest BCUT2D eigenvalue weighted by Gasteiger charge is 2.37. The van der Waals surface area contributed by atoms with Gasteiger partial charge in [0.05, 0.1) is 22.6 Å². The van der Waals surface area contributed by atoms with Gasteiger partial charge in [0.1, 0.15) is 4.32 Å². The Bertz CT molecular complexity index is 1320. The van der Waals surface area contributed by atoms with Crippen molar-refractivity contribution in [3.05, 3.63) is 50.1 Å². The highest BCUT2D eigenvalue weighted by molar-refractivity contribution is 8.26. The van der Waals surface area contributed by atoms with E-state index in [4.69, 9.17) is 17.3 Å². The van der Waals surface area contributed by atoms with Crippen molar-refractivity contribution in [2.24, 2.45) is 0 Å². The Hall–Kier alpha value is -2.46. The number of benzene rings is 1. The molecule has 2 aromatic rings. The Morgan fingerprint density at radius 3 is 2.12 bits per heavy atom. The SMILES string of the molecule is Cc1c(-c2cc(C(F)(F)F)cc(C(F)(F)F)c2)csc1C=C1SC(=S)N(CCN2CCN(CC(=O)O)CC2)C1=O. The minimum atomic E-state index is -4.96. The molecule has 1 N–H and O–H groups in total. The van der Waals surface area contributed by atoms with Gasteiger partial charge in [-0.3, -0.25) is 24.3 Å². The van der Waals surface area contributed by atoms with Gasteiger partial charge in [-0.15, -0.1) is 11.3 Å². The summed E-state index contributed by atoms with van der Waals surface area (Å²) in [5.41, 5.74) is -2.35. The molecule has 2 aliphatic rings. The zero-order valence-electron chi connectivity index (χ0n) is 20.9. The molecule has 2 saturated heterocycles. The van der Waals surface area contributed by atoms with Gasteiger partial charge in [0.2, 0.25) is 0 Å². The number of thiocarbonyl (C=S) groups is 1. The fourth-order valence-electron chi connectivity index (χ4n) is 4.38. The number of carbonyl (C=O) groups is 2. The molecule has 216 valence electrons. The Kier molecular flexibility index (Phi) is 9.00. The van der Waals surface area contributed by atoms with Crippen LogP contribution in [-0.4, -0.2) is 81.8 Å². The lowest BCUT2D eigenvalue weighted by atomic mass is 9.98. The second-order valence-electron chi connectivity index (χ2n) is 9.28. The van der Waals surface area contributed by atoms with Crippen molar-refractivity contribution in [2.45, 2.75) is 19.3 Å². The van der Waals surface area contributed by atoms with Gasteiger partial charge in [0, 0.05) is 44.1 Å². The van der Waals surface area contributed by atoms with Gasteiger partial charge in [-0.2, -0.15) is 26.3 Å². The van der Waals surface area contributed by atoms with Crippen molar-refractivity contribution in [1.82, 2.24) is 14.7 Å². The molecule has 1 aromatic carbocycles. The molecule has 4 rings (SSSR count). The van der Waals surface area contributed by atoms with Gasteiger partial charge in [0.15, 0.2) is 0 Å². The van der Waals surface area contributed by atoms with E-state index in [2.05, 4.69) is 4.90 Å². The van der Waals surface area contributed by atoms with Crippen molar-refractivity contribution in [3.63, 3.8) is 0 Å². The van der Waals surface area contributed by atoms with E-state index < -0.39 is 29.4 Å². The fourth-order valence-corrected chi connectivity index (χ4v) is 6.78. The van der Waals surface area contributed by atoms with Crippen LogP contribution in [0.5, 0.6) is 0 Å². The Morgan fingerprint density at radius 2 is 1.57 bits per heavy atom. The molecule has 0 atom stereocenters. The molecule has 1 aromatic heterocycles. The Labute approximate surface area is 239 Å². The van der Waals surface area contributed by atoms with Crippen molar-refractivity contribution in [1.29, 1.82) is 0 Å². The van der Waals surface area contributed by atoms with Gasteiger partial charge < -0.3 is 5.11 Å². The standard InChI is InChI=1S/C25H23F6N3O3S3/c1-14-18(15-8-16(24(26,27)28)10-17(9-15)25(29,30)31)13-39-19(14)11-20-22(37)34(23(38)40-20)7-6-32-2-4-33(5-3-32)12-21(35)36/h8-11,13H,2-7,12H2,1H3,(H,35,36). The number of nitrogens with zero attached hydrogens (tertiary/aromatic N) is 3. The minimum absolute atomic E-state index is 0.0194. The third kappa shape index (κ3) is 7.05. The first kappa shape index (κ1) is 30.5. The molecule has 2 aliphatic heterocycles. The zero-order valence-corrected chi connectivity index (χ0v) is 23.4. The summed E-state index contributed by atoms with van der Waals surface area (Å²) in [5.74, 6) is -1.21. The van der Waals surface area contributed by atoms with Crippen molar-refractivity contribution >= 4 is 57.6 Å². The molecule has 6 nitrogen and oxygen atoms in total. The molecule has 0 radical (unpaired) electrons. The van der Waals surface area contributed by atoms with Gasteiger partial charge in [-0.1, -0.05) is 24.0 Å². The number of thiophene rings is 1. The molecule has 0 unspecified atom stereocenters. The lowest BCUT2D eigenvalue weighted by molar-refractivity contribution is -0.143. The number of carboxylic acid groups (broad SMARTS) is 1. The van der Waals surface area contributed by atoms with E-state index in [0.29, 0.717) is 71.1 Å². The monoisotopic (exact) mass is 623 g/mol. The number of aliphatic carboxylic acids is 1. The van der Waals surface area contributed by atoms with Crippen LogP contribution in [0.25, 0.3) is 17.2 Å². The average Bonchev–Trinajstić information content (AvgIpc) is 3.35. The molecule has 0 spiro atoms. The third-order valence-electron chi connectivity index (χ3n) is 6.58. The second kappa shape index (κ2) is 11.8. The summed E-state index contributed by atoms with van der Waals surface area (Å²) in [5, 5.41) is 10.4. The number of alkyl halides is 6. The van der Waals surface area contributed by atoms with Gasteiger partial charge >= 0.3 is 18.3 Å². The van der Waals surface area contributed by atoms with Crippen LogP contribution < -0.4 is 0 Å².